The standard InChI is InChI=1S/C26H26N2O2/c1-3-26(29,21-7-5-4-6-8-21)22-11-13-23(14-12-22)28-18-17-27-19-25(28)20-9-15-24(30-2)16-10-20/h1,4-16,25,27,29H,17-19H2,2H3. The Balaban J connectivity index is 1.62. The summed E-state index contributed by atoms with van der Waals surface area (Å²) >= 11 is 0. The largest absolute Gasteiger partial charge is 0.497 e. The van der Waals surface area contributed by atoms with Gasteiger partial charge in [0.2, 0.25) is 0 Å². The highest BCUT2D eigenvalue weighted by Gasteiger charge is 2.30. The second kappa shape index (κ2) is 8.62. The number of nitrogens with one attached hydrogen (secondary N) is 1. The molecule has 0 aromatic heterocycles. The van der Waals surface area contributed by atoms with Crippen molar-refractivity contribution in [1.82, 2.24) is 5.32 Å². The second-order valence-electron chi connectivity index (χ2n) is 7.45. The highest BCUT2D eigenvalue weighted by atomic mass is 16.5. The minimum atomic E-state index is -1.45. The number of benzene rings is 3. The number of terminal acetylenes is 1. The molecule has 0 saturated carbocycles. The van der Waals surface area contributed by atoms with Crippen LogP contribution in [0.1, 0.15) is 22.7 Å². The molecule has 3 aromatic carbocycles. The van der Waals surface area contributed by atoms with Crippen molar-refractivity contribution in [3.05, 3.63) is 95.6 Å². The maximum atomic E-state index is 11.2. The maximum Gasteiger partial charge on any atom is 0.176 e. The van der Waals surface area contributed by atoms with Crippen LogP contribution in [-0.2, 0) is 5.60 Å². The van der Waals surface area contributed by atoms with Gasteiger partial charge in [0.05, 0.1) is 13.2 Å². The number of nitrogens with zero attached hydrogens (tertiary/aromatic N) is 1. The number of aliphatic hydroxyl groups is 1. The maximum absolute atomic E-state index is 11.2. The van der Waals surface area contributed by atoms with Crippen LogP contribution < -0.4 is 15.0 Å². The van der Waals surface area contributed by atoms with Crippen LogP contribution in [0.4, 0.5) is 5.69 Å². The smallest absolute Gasteiger partial charge is 0.176 e. The number of ether oxygens (including phenoxy) is 1. The summed E-state index contributed by atoms with van der Waals surface area (Å²) in [6.45, 7) is 2.69. The molecule has 4 nitrogen and oxygen atoms in total. The van der Waals surface area contributed by atoms with Crippen LogP contribution in [0.3, 0.4) is 0 Å². The lowest BCUT2D eigenvalue weighted by molar-refractivity contribution is 0.145. The summed E-state index contributed by atoms with van der Waals surface area (Å²) in [7, 11) is 1.68. The van der Waals surface area contributed by atoms with Gasteiger partial charge in [-0.15, -0.1) is 6.42 Å². The molecule has 2 N–H and O–H groups in total. The number of piperazine rings is 1. The van der Waals surface area contributed by atoms with Crippen molar-refractivity contribution in [3.63, 3.8) is 0 Å². The molecule has 30 heavy (non-hydrogen) atoms. The molecule has 0 aliphatic carbocycles. The molecule has 2 unspecified atom stereocenters. The van der Waals surface area contributed by atoms with Crippen molar-refractivity contribution < 1.29 is 9.84 Å². The quantitative estimate of drug-likeness (QED) is 0.643. The summed E-state index contributed by atoms with van der Waals surface area (Å²) in [5, 5.41) is 14.7. The Labute approximate surface area is 178 Å². The van der Waals surface area contributed by atoms with Gasteiger partial charge in [-0.1, -0.05) is 60.5 Å². The van der Waals surface area contributed by atoms with Gasteiger partial charge in [-0.2, -0.15) is 0 Å². The lowest BCUT2D eigenvalue weighted by Gasteiger charge is -2.38. The van der Waals surface area contributed by atoms with E-state index < -0.39 is 5.60 Å². The summed E-state index contributed by atoms with van der Waals surface area (Å²) in [6.07, 6.45) is 5.74. The third kappa shape index (κ3) is 3.78. The Morgan fingerprint density at radius 3 is 2.30 bits per heavy atom. The Bertz CT molecular complexity index is 1010. The Morgan fingerprint density at radius 2 is 1.67 bits per heavy atom. The van der Waals surface area contributed by atoms with Gasteiger partial charge in [-0.05, 0) is 29.8 Å². The lowest BCUT2D eigenvalue weighted by atomic mass is 9.87. The molecule has 1 saturated heterocycles. The van der Waals surface area contributed by atoms with Crippen LogP contribution in [0.5, 0.6) is 5.75 Å². The first kappa shape index (κ1) is 20.0. The molecule has 152 valence electrons. The van der Waals surface area contributed by atoms with Crippen LogP contribution in [0.25, 0.3) is 0 Å². The monoisotopic (exact) mass is 398 g/mol. The molecular weight excluding hydrogens is 372 g/mol. The zero-order valence-electron chi connectivity index (χ0n) is 17.1. The van der Waals surface area contributed by atoms with Crippen molar-refractivity contribution in [2.24, 2.45) is 0 Å². The van der Waals surface area contributed by atoms with Crippen molar-refractivity contribution in [2.45, 2.75) is 11.6 Å². The van der Waals surface area contributed by atoms with E-state index in [-0.39, 0.29) is 6.04 Å². The van der Waals surface area contributed by atoms with E-state index in [9.17, 15) is 5.11 Å². The van der Waals surface area contributed by atoms with Gasteiger partial charge in [-0.3, -0.25) is 0 Å². The molecule has 4 heteroatoms. The highest BCUT2D eigenvalue weighted by molar-refractivity contribution is 5.54. The first-order chi connectivity index (χ1) is 14.7. The molecule has 0 bridgehead atoms. The molecule has 0 amide bonds. The van der Waals surface area contributed by atoms with Gasteiger partial charge in [-0.25, -0.2) is 0 Å². The van der Waals surface area contributed by atoms with E-state index in [1.165, 1.54) is 5.56 Å². The molecule has 1 fully saturated rings. The van der Waals surface area contributed by atoms with Crippen LogP contribution in [0.2, 0.25) is 0 Å². The number of hydrogen-bond donors (Lipinski definition) is 2. The molecule has 4 rings (SSSR count). The van der Waals surface area contributed by atoms with E-state index >= 15 is 0 Å². The minimum absolute atomic E-state index is 0.219. The predicted octanol–water partition coefficient (Wildman–Crippen LogP) is 3.72. The third-order valence-electron chi connectivity index (χ3n) is 5.76. The third-order valence-corrected chi connectivity index (χ3v) is 5.76. The van der Waals surface area contributed by atoms with E-state index in [0.717, 1.165) is 31.1 Å². The summed E-state index contributed by atoms with van der Waals surface area (Å²) in [6, 6.07) is 25.8. The molecule has 3 aromatic rings. The Kier molecular flexibility index (Phi) is 5.76. The topological polar surface area (TPSA) is 44.7 Å². The van der Waals surface area contributed by atoms with Gasteiger partial charge in [0.15, 0.2) is 5.60 Å². The molecule has 2 atom stereocenters. The van der Waals surface area contributed by atoms with Gasteiger partial charge in [0, 0.05) is 36.4 Å². The average molecular weight is 399 g/mol. The normalized spacial score (nSPS) is 18.3. The number of rotatable bonds is 5. The summed E-state index contributed by atoms with van der Waals surface area (Å²) in [4.78, 5) is 2.39. The van der Waals surface area contributed by atoms with Gasteiger partial charge >= 0.3 is 0 Å². The van der Waals surface area contributed by atoms with Crippen LogP contribution >= 0.6 is 0 Å². The Hall–Kier alpha value is -3.26. The zero-order valence-corrected chi connectivity index (χ0v) is 17.1. The van der Waals surface area contributed by atoms with E-state index in [0.29, 0.717) is 11.1 Å². The SMILES string of the molecule is C#CC(O)(c1ccccc1)c1ccc(N2CCNCC2c2ccc(OC)cc2)cc1. The van der Waals surface area contributed by atoms with E-state index in [1.54, 1.807) is 7.11 Å². The van der Waals surface area contributed by atoms with E-state index in [1.807, 2.05) is 66.7 Å². The minimum Gasteiger partial charge on any atom is -0.497 e. The fourth-order valence-corrected chi connectivity index (χ4v) is 4.04. The van der Waals surface area contributed by atoms with Crippen molar-refractivity contribution in [3.8, 4) is 18.1 Å². The predicted molar refractivity (Wildman–Crippen MR) is 121 cm³/mol. The second-order valence-corrected chi connectivity index (χ2v) is 7.45. The fraction of sp³-hybridized carbons (Fsp3) is 0.231. The number of anilines is 1. The molecular formula is C26H26N2O2. The van der Waals surface area contributed by atoms with Crippen molar-refractivity contribution in [1.29, 1.82) is 0 Å². The number of methoxy groups -OCH3 is 1. The fourth-order valence-electron chi connectivity index (χ4n) is 4.04. The average Bonchev–Trinajstić information content (AvgIpc) is 2.84. The van der Waals surface area contributed by atoms with Crippen LogP contribution in [0.15, 0.2) is 78.9 Å². The lowest BCUT2D eigenvalue weighted by Crippen LogP contribution is -2.46. The first-order valence-corrected chi connectivity index (χ1v) is 10.1. The summed E-state index contributed by atoms with van der Waals surface area (Å²) in [5.41, 5.74) is 2.28. The van der Waals surface area contributed by atoms with E-state index in [2.05, 4.69) is 28.3 Å². The van der Waals surface area contributed by atoms with Gasteiger partial charge < -0.3 is 20.1 Å². The molecule has 1 aliphatic heterocycles. The summed E-state index contributed by atoms with van der Waals surface area (Å²) < 4.78 is 5.29. The molecule has 0 radical (unpaired) electrons. The first-order valence-electron chi connectivity index (χ1n) is 10.1. The number of hydrogen-bond acceptors (Lipinski definition) is 4. The molecule has 0 spiro atoms. The van der Waals surface area contributed by atoms with E-state index in [4.69, 9.17) is 11.2 Å². The van der Waals surface area contributed by atoms with Gasteiger partial charge in [0.25, 0.3) is 0 Å². The van der Waals surface area contributed by atoms with Crippen LogP contribution in [0, 0.1) is 12.3 Å². The molecule has 1 aliphatic rings. The molecule has 1 heterocycles. The van der Waals surface area contributed by atoms with Crippen LogP contribution in [-0.4, -0.2) is 31.9 Å². The van der Waals surface area contributed by atoms with Crippen molar-refractivity contribution in [2.75, 3.05) is 31.6 Å². The van der Waals surface area contributed by atoms with Gasteiger partial charge in [0.1, 0.15) is 5.75 Å². The Morgan fingerprint density at radius 1 is 1.00 bits per heavy atom. The highest BCUT2D eigenvalue weighted by Crippen LogP contribution is 2.33. The van der Waals surface area contributed by atoms with Crippen molar-refractivity contribution >= 4 is 5.69 Å². The summed E-state index contributed by atoms with van der Waals surface area (Å²) in [5.74, 6) is 3.43. The zero-order chi connectivity index (χ0) is 21.0.